The second-order valence-electron chi connectivity index (χ2n) is 9.93. The predicted molar refractivity (Wildman–Crippen MR) is 144 cm³/mol. The Morgan fingerprint density at radius 3 is 2.15 bits per heavy atom. The van der Waals surface area contributed by atoms with Crippen molar-refractivity contribution < 1.29 is 4.79 Å². The van der Waals surface area contributed by atoms with Crippen molar-refractivity contribution in [3.05, 3.63) is 89.0 Å². The van der Waals surface area contributed by atoms with Crippen molar-refractivity contribution in [3.63, 3.8) is 0 Å². The largest absolute Gasteiger partial charge is 0.322 e. The van der Waals surface area contributed by atoms with E-state index in [4.69, 9.17) is 0 Å². The first-order chi connectivity index (χ1) is 16.5. The molecule has 1 fully saturated rings. The molecule has 2 amide bonds. The number of amides is 2. The molecule has 0 aromatic heterocycles. The molecular weight excluding hydrogens is 416 g/mol. The Balaban J connectivity index is 1.54. The zero-order chi connectivity index (χ0) is 23.7. The highest BCUT2D eigenvalue weighted by atomic mass is 16.2. The molecule has 0 radical (unpaired) electrons. The van der Waals surface area contributed by atoms with Crippen molar-refractivity contribution in [1.82, 2.24) is 4.90 Å². The van der Waals surface area contributed by atoms with Gasteiger partial charge in [0.15, 0.2) is 0 Å². The van der Waals surface area contributed by atoms with Gasteiger partial charge in [-0.15, -0.1) is 0 Å². The number of nitrogens with zero attached hydrogens (tertiary/aromatic N) is 1. The lowest BCUT2D eigenvalue weighted by molar-refractivity contribution is 0.163. The maximum Gasteiger partial charge on any atom is 0.322 e. The number of aryl methyl sites for hydroxylation is 3. The molecule has 0 aliphatic heterocycles. The van der Waals surface area contributed by atoms with Gasteiger partial charge in [-0.1, -0.05) is 85.5 Å². The van der Waals surface area contributed by atoms with E-state index in [-0.39, 0.29) is 12.1 Å². The summed E-state index contributed by atoms with van der Waals surface area (Å²) in [5, 5.41) is 8.28. The van der Waals surface area contributed by atoms with Crippen molar-refractivity contribution in [3.8, 4) is 0 Å². The standard InChI is InChI=1S/C31H34N2O/c1-21-17-22(2)30(23(3)18-21)32-31(34)33(26-12-5-4-6-13-26)20-25-19-24-11-7-8-14-27(24)29-16-10-9-15-28(25)29/h7-11,14-19,26H,4-6,12-13,20H2,1-3H3,(H,32,34). The van der Waals surface area contributed by atoms with Crippen LogP contribution in [0.15, 0.2) is 66.7 Å². The van der Waals surface area contributed by atoms with Gasteiger partial charge in [-0.05, 0) is 77.9 Å². The minimum Gasteiger partial charge on any atom is -0.317 e. The lowest BCUT2D eigenvalue weighted by Crippen LogP contribution is -2.43. The number of rotatable bonds is 4. The predicted octanol–water partition coefficient (Wildman–Crippen LogP) is 8.29. The Bertz CT molecular complexity index is 1330. The summed E-state index contributed by atoms with van der Waals surface area (Å²) in [6.45, 7) is 6.88. The summed E-state index contributed by atoms with van der Waals surface area (Å²) in [6, 6.07) is 24.0. The fourth-order valence-electron chi connectivity index (χ4n) is 5.76. The zero-order valence-electron chi connectivity index (χ0n) is 20.5. The van der Waals surface area contributed by atoms with E-state index in [2.05, 4.69) is 97.7 Å². The van der Waals surface area contributed by atoms with Crippen LogP contribution in [0.1, 0.15) is 54.4 Å². The molecule has 0 heterocycles. The number of hydrogen-bond donors (Lipinski definition) is 1. The number of anilines is 1. The smallest absolute Gasteiger partial charge is 0.317 e. The van der Waals surface area contributed by atoms with Gasteiger partial charge >= 0.3 is 6.03 Å². The van der Waals surface area contributed by atoms with Crippen LogP contribution in [-0.4, -0.2) is 17.0 Å². The van der Waals surface area contributed by atoms with Gasteiger partial charge in [0, 0.05) is 18.3 Å². The third kappa shape index (κ3) is 4.40. The number of urea groups is 1. The first kappa shape index (κ1) is 22.5. The van der Waals surface area contributed by atoms with E-state index >= 15 is 0 Å². The minimum absolute atomic E-state index is 0.0131. The minimum atomic E-state index is 0.0131. The van der Waals surface area contributed by atoms with E-state index in [1.807, 2.05) is 0 Å². The Hall–Kier alpha value is -3.33. The highest BCUT2D eigenvalue weighted by Gasteiger charge is 2.27. The van der Waals surface area contributed by atoms with E-state index in [0.29, 0.717) is 6.54 Å². The maximum absolute atomic E-state index is 13.8. The number of fused-ring (bicyclic) bond motifs is 3. The van der Waals surface area contributed by atoms with E-state index in [1.54, 1.807) is 0 Å². The quantitative estimate of drug-likeness (QED) is 0.312. The average molecular weight is 451 g/mol. The topological polar surface area (TPSA) is 32.3 Å². The Kier molecular flexibility index (Phi) is 6.28. The third-order valence-corrected chi connectivity index (χ3v) is 7.38. The molecule has 3 nitrogen and oxygen atoms in total. The normalized spacial score (nSPS) is 14.4. The summed E-state index contributed by atoms with van der Waals surface area (Å²) in [5.74, 6) is 0. The van der Waals surface area contributed by atoms with Gasteiger partial charge in [-0.2, -0.15) is 0 Å². The number of hydrogen-bond acceptors (Lipinski definition) is 1. The second-order valence-corrected chi connectivity index (χ2v) is 9.93. The lowest BCUT2D eigenvalue weighted by Gasteiger charge is -2.35. The van der Waals surface area contributed by atoms with Crippen LogP contribution in [0.25, 0.3) is 21.5 Å². The lowest BCUT2D eigenvalue weighted by atomic mass is 9.92. The van der Waals surface area contributed by atoms with Crippen molar-refractivity contribution in [2.45, 2.75) is 65.5 Å². The fraction of sp³-hybridized carbons (Fsp3) is 0.323. The molecule has 5 rings (SSSR count). The molecule has 174 valence electrons. The maximum atomic E-state index is 13.8. The molecule has 1 aliphatic carbocycles. The molecular formula is C31H34N2O. The summed E-state index contributed by atoms with van der Waals surface area (Å²) in [7, 11) is 0. The van der Waals surface area contributed by atoms with Crippen LogP contribution in [0.4, 0.5) is 10.5 Å². The Labute approximate surface area is 202 Å². The molecule has 0 atom stereocenters. The molecule has 0 bridgehead atoms. The Morgan fingerprint density at radius 2 is 1.44 bits per heavy atom. The monoisotopic (exact) mass is 450 g/mol. The van der Waals surface area contributed by atoms with E-state index in [0.717, 1.165) is 29.7 Å². The molecule has 0 spiro atoms. The van der Waals surface area contributed by atoms with Crippen LogP contribution in [0.2, 0.25) is 0 Å². The summed E-state index contributed by atoms with van der Waals surface area (Å²) >= 11 is 0. The molecule has 34 heavy (non-hydrogen) atoms. The molecule has 1 aliphatic rings. The molecule has 3 heteroatoms. The van der Waals surface area contributed by atoms with Crippen LogP contribution >= 0.6 is 0 Å². The van der Waals surface area contributed by atoms with Crippen LogP contribution in [0.5, 0.6) is 0 Å². The first-order valence-electron chi connectivity index (χ1n) is 12.6. The summed E-state index contributed by atoms with van der Waals surface area (Å²) in [4.78, 5) is 15.9. The molecule has 4 aromatic rings. The van der Waals surface area contributed by atoms with Crippen molar-refractivity contribution in [2.75, 3.05) is 5.32 Å². The van der Waals surface area contributed by atoms with E-state index in [9.17, 15) is 4.79 Å². The SMILES string of the molecule is Cc1cc(C)c(NC(=O)N(Cc2cc3ccccc3c3ccccc23)C2CCCCC2)c(C)c1. The van der Waals surface area contributed by atoms with Gasteiger partial charge in [0.2, 0.25) is 0 Å². The van der Waals surface area contributed by atoms with Crippen LogP contribution in [-0.2, 0) is 6.54 Å². The van der Waals surface area contributed by atoms with Crippen molar-refractivity contribution >= 4 is 33.3 Å². The highest BCUT2D eigenvalue weighted by molar-refractivity contribution is 6.09. The molecule has 0 saturated heterocycles. The highest BCUT2D eigenvalue weighted by Crippen LogP contribution is 2.32. The number of nitrogens with one attached hydrogen (secondary N) is 1. The third-order valence-electron chi connectivity index (χ3n) is 7.38. The average Bonchev–Trinajstić information content (AvgIpc) is 2.85. The van der Waals surface area contributed by atoms with E-state index < -0.39 is 0 Å². The molecule has 1 N–H and O–H groups in total. The summed E-state index contributed by atoms with van der Waals surface area (Å²) in [6.07, 6.45) is 5.79. The van der Waals surface area contributed by atoms with Crippen molar-refractivity contribution in [2.24, 2.45) is 0 Å². The van der Waals surface area contributed by atoms with Gasteiger partial charge in [0.05, 0.1) is 0 Å². The second kappa shape index (κ2) is 9.50. The van der Waals surface area contributed by atoms with Crippen LogP contribution < -0.4 is 5.32 Å². The van der Waals surface area contributed by atoms with Gasteiger partial charge in [-0.3, -0.25) is 0 Å². The van der Waals surface area contributed by atoms with Gasteiger partial charge in [0.25, 0.3) is 0 Å². The fourth-order valence-corrected chi connectivity index (χ4v) is 5.76. The van der Waals surface area contributed by atoms with Crippen LogP contribution in [0, 0.1) is 20.8 Å². The van der Waals surface area contributed by atoms with Gasteiger partial charge < -0.3 is 10.2 Å². The first-order valence-corrected chi connectivity index (χ1v) is 12.6. The number of carbonyl (C=O) groups excluding carboxylic acids is 1. The zero-order valence-corrected chi connectivity index (χ0v) is 20.5. The van der Waals surface area contributed by atoms with Crippen molar-refractivity contribution in [1.29, 1.82) is 0 Å². The number of benzene rings is 4. The summed E-state index contributed by atoms with van der Waals surface area (Å²) in [5.41, 5.74) is 5.61. The van der Waals surface area contributed by atoms with Crippen LogP contribution in [0.3, 0.4) is 0 Å². The molecule has 4 aromatic carbocycles. The van der Waals surface area contributed by atoms with E-state index in [1.165, 1.54) is 51.9 Å². The number of carbonyl (C=O) groups is 1. The van der Waals surface area contributed by atoms with Gasteiger partial charge in [-0.25, -0.2) is 4.79 Å². The Morgan fingerprint density at radius 1 is 0.824 bits per heavy atom. The summed E-state index contributed by atoms with van der Waals surface area (Å²) < 4.78 is 0. The van der Waals surface area contributed by atoms with Gasteiger partial charge in [0.1, 0.15) is 0 Å². The molecule has 0 unspecified atom stereocenters. The molecule has 1 saturated carbocycles.